The molecule has 1 fully saturated rings. The van der Waals surface area contributed by atoms with Crippen LogP contribution in [0.3, 0.4) is 0 Å². The van der Waals surface area contributed by atoms with Crippen LogP contribution in [0.15, 0.2) is 24.3 Å². The largest absolute Gasteiger partial charge is 0.444 e. The van der Waals surface area contributed by atoms with E-state index in [4.69, 9.17) is 8.92 Å². The molecule has 1 saturated heterocycles. The van der Waals surface area contributed by atoms with Gasteiger partial charge in [-0.05, 0) is 46.2 Å². The number of aryl methyl sites for hydroxylation is 1. The predicted octanol–water partition coefficient (Wildman–Crippen LogP) is 2.31. The molecule has 0 aromatic heterocycles. The number of ether oxygens (including phenoxy) is 1. The van der Waals surface area contributed by atoms with E-state index in [1.54, 1.807) is 25.7 Å². The monoisotopic (exact) mass is 412 g/mol. The zero-order valence-corrected chi connectivity index (χ0v) is 17.8. The van der Waals surface area contributed by atoms with Gasteiger partial charge in [0.1, 0.15) is 12.1 Å². The average molecular weight is 413 g/mol. The standard InChI is InChI=1S/C19H28N2O6S/c1-14-6-8-15(9-7-14)20-12-16(10-11-26-28(5,24)25)21(13-17(20)22)18(23)27-19(2,3)4/h6-9,16H,10-13H2,1-5H3. The lowest BCUT2D eigenvalue weighted by atomic mass is 10.1. The van der Waals surface area contributed by atoms with Crippen molar-refractivity contribution in [3.8, 4) is 0 Å². The van der Waals surface area contributed by atoms with Crippen LogP contribution in [0.4, 0.5) is 10.5 Å². The molecule has 0 spiro atoms. The van der Waals surface area contributed by atoms with E-state index in [0.29, 0.717) is 0 Å². The van der Waals surface area contributed by atoms with Gasteiger partial charge in [-0.3, -0.25) is 13.9 Å². The first-order valence-corrected chi connectivity index (χ1v) is 10.9. The zero-order valence-electron chi connectivity index (χ0n) is 17.0. The summed E-state index contributed by atoms with van der Waals surface area (Å²) < 4.78 is 32.8. The van der Waals surface area contributed by atoms with Gasteiger partial charge in [-0.1, -0.05) is 17.7 Å². The number of rotatable bonds is 5. The lowest BCUT2D eigenvalue weighted by Gasteiger charge is -2.41. The molecule has 156 valence electrons. The summed E-state index contributed by atoms with van der Waals surface area (Å²) in [6.07, 6.45) is 0.623. The lowest BCUT2D eigenvalue weighted by Crippen LogP contribution is -2.59. The molecule has 1 aliphatic heterocycles. The molecule has 1 aliphatic rings. The molecule has 0 aliphatic carbocycles. The Balaban J connectivity index is 2.20. The third-order valence-electron chi connectivity index (χ3n) is 4.16. The molecule has 0 saturated carbocycles. The predicted molar refractivity (Wildman–Crippen MR) is 106 cm³/mol. The van der Waals surface area contributed by atoms with Crippen molar-refractivity contribution in [1.29, 1.82) is 0 Å². The van der Waals surface area contributed by atoms with E-state index in [2.05, 4.69) is 0 Å². The van der Waals surface area contributed by atoms with Crippen molar-refractivity contribution in [2.45, 2.75) is 45.8 Å². The molecule has 1 atom stereocenters. The van der Waals surface area contributed by atoms with Crippen molar-refractivity contribution in [3.63, 3.8) is 0 Å². The van der Waals surface area contributed by atoms with Gasteiger partial charge in [0, 0.05) is 12.2 Å². The van der Waals surface area contributed by atoms with Gasteiger partial charge in [-0.25, -0.2) is 4.79 Å². The Kier molecular flexibility index (Phi) is 6.71. The van der Waals surface area contributed by atoms with Crippen LogP contribution in [0.1, 0.15) is 32.8 Å². The number of anilines is 1. The zero-order chi connectivity index (χ0) is 21.1. The molecule has 0 N–H and O–H groups in total. The highest BCUT2D eigenvalue weighted by molar-refractivity contribution is 7.85. The van der Waals surface area contributed by atoms with E-state index < -0.39 is 27.9 Å². The van der Waals surface area contributed by atoms with Gasteiger partial charge in [0.05, 0.1) is 18.9 Å². The molecule has 8 nitrogen and oxygen atoms in total. The number of piperazine rings is 1. The van der Waals surface area contributed by atoms with Gasteiger partial charge in [0.25, 0.3) is 10.1 Å². The van der Waals surface area contributed by atoms with E-state index in [0.717, 1.165) is 17.5 Å². The molecule has 28 heavy (non-hydrogen) atoms. The Bertz CT molecular complexity index is 814. The minimum absolute atomic E-state index is 0.0846. The summed E-state index contributed by atoms with van der Waals surface area (Å²) in [5.74, 6) is -0.227. The molecule has 1 aromatic carbocycles. The maximum absolute atomic E-state index is 12.7. The van der Waals surface area contributed by atoms with Crippen molar-refractivity contribution >= 4 is 27.8 Å². The van der Waals surface area contributed by atoms with Crippen LogP contribution in [0, 0.1) is 6.92 Å². The minimum Gasteiger partial charge on any atom is -0.444 e. The van der Waals surface area contributed by atoms with E-state index in [1.807, 2.05) is 31.2 Å². The fraction of sp³-hybridized carbons (Fsp3) is 0.579. The third-order valence-corrected chi connectivity index (χ3v) is 4.76. The highest BCUT2D eigenvalue weighted by Gasteiger charge is 2.37. The second-order valence-electron chi connectivity index (χ2n) is 7.92. The van der Waals surface area contributed by atoms with Crippen molar-refractivity contribution in [2.24, 2.45) is 0 Å². The number of benzene rings is 1. The summed E-state index contributed by atoms with van der Waals surface area (Å²) in [7, 11) is -3.59. The Hall–Kier alpha value is -2.13. The summed E-state index contributed by atoms with van der Waals surface area (Å²) in [5.41, 5.74) is 1.09. The average Bonchev–Trinajstić information content (AvgIpc) is 2.54. The summed E-state index contributed by atoms with van der Waals surface area (Å²) >= 11 is 0. The fourth-order valence-electron chi connectivity index (χ4n) is 2.86. The molecule has 1 unspecified atom stereocenters. The van der Waals surface area contributed by atoms with Crippen LogP contribution in [0.5, 0.6) is 0 Å². The topological polar surface area (TPSA) is 93.2 Å². The van der Waals surface area contributed by atoms with Crippen molar-refractivity contribution in [3.05, 3.63) is 29.8 Å². The Labute approximate surface area is 166 Å². The Morgan fingerprint density at radius 3 is 2.36 bits per heavy atom. The number of hydrogen-bond donors (Lipinski definition) is 0. The molecule has 0 bridgehead atoms. The van der Waals surface area contributed by atoms with Gasteiger partial charge in [0.2, 0.25) is 5.91 Å². The number of nitrogens with zero attached hydrogens (tertiary/aromatic N) is 2. The SMILES string of the molecule is Cc1ccc(N2CC(CCOS(C)(=O)=O)N(C(=O)OC(C)(C)C)CC2=O)cc1. The highest BCUT2D eigenvalue weighted by Crippen LogP contribution is 2.24. The normalized spacial score (nSPS) is 18.3. The maximum atomic E-state index is 12.7. The maximum Gasteiger partial charge on any atom is 0.411 e. The van der Waals surface area contributed by atoms with E-state index in [9.17, 15) is 18.0 Å². The van der Waals surface area contributed by atoms with Crippen LogP contribution in [0.25, 0.3) is 0 Å². The third kappa shape index (κ3) is 6.49. The summed E-state index contributed by atoms with van der Waals surface area (Å²) in [5, 5.41) is 0. The van der Waals surface area contributed by atoms with Crippen LogP contribution in [-0.2, 0) is 23.8 Å². The van der Waals surface area contributed by atoms with Gasteiger partial charge in [-0.15, -0.1) is 0 Å². The molecule has 0 radical (unpaired) electrons. The van der Waals surface area contributed by atoms with Crippen LogP contribution >= 0.6 is 0 Å². The highest BCUT2D eigenvalue weighted by atomic mass is 32.2. The Morgan fingerprint density at radius 2 is 1.82 bits per heavy atom. The van der Waals surface area contributed by atoms with Gasteiger partial charge >= 0.3 is 6.09 Å². The number of hydrogen-bond acceptors (Lipinski definition) is 6. The quantitative estimate of drug-likeness (QED) is 0.689. The van der Waals surface area contributed by atoms with Crippen molar-refractivity contribution < 1.29 is 26.9 Å². The molecule has 2 amide bonds. The molecule has 9 heteroatoms. The van der Waals surface area contributed by atoms with Gasteiger partial charge < -0.3 is 9.64 Å². The van der Waals surface area contributed by atoms with E-state index >= 15 is 0 Å². The van der Waals surface area contributed by atoms with E-state index in [1.165, 1.54) is 4.90 Å². The fourth-order valence-corrected chi connectivity index (χ4v) is 3.26. The summed E-state index contributed by atoms with van der Waals surface area (Å²) in [4.78, 5) is 28.2. The number of carbonyl (C=O) groups excluding carboxylic acids is 2. The first kappa shape index (κ1) is 22.2. The van der Waals surface area contributed by atoms with Crippen molar-refractivity contribution in [2.75, 3.05) is 30.9 Å². The lowest BCUT2D eigenvalue weighted by molar-refractivity contribution is -0.122. The van der Waals surface area contributed by atoms with Crippen LogP contribution in [0.2, 0.25) is 0 Å². The van der Waals surface area contributed by atoms with Crippen LogP contribution < -0.4 is 4.90 Å². The summed E-state index contributed by atoms with van der Waals surface area (Å²) in [6.45, 7) is 7.20. The number of carbonyl (C=O) groups is 2. The van der Waals surface area contributed by atoms with Gasteiger partial charge in [-0.2, -0.15) is 8.42 Å². The van der Waals surface area contributed by atoms with Crippen molar-refractivity contribution in [1.82, 2.24) is 4.90 Å². The number of amides is 2. The minimum atomic E-state index is -3.59. The molecular formula is C19H28N2O6S. The first-order chi connectivity index (χ1) is 12.9. The smallest absolute Gasteiger partial charge is 0.411 e. The van der Waals surface area contributed by atoms with Gasteiger partial charge in [0.15, 0.2) is 0 Å². The summed E-state index contributed by atoms with van der Waals surface area (Å²) in [6, 6.07) is 7.08. The second-order valence-corrected chi connectivity index (χ2v) is 9.56. The second kappa shape index (κ2) is 8.48. The molecule has 1 heterocycles. The molecular weight excluding hydrogens is 384 g/mol. The van der Waals surface area contributed by atoms with E-state index in [-0.39, 0.29) is 32.0 Å². The molecule has 1 aromatic rings. The van der Waals surface area contributed by atoms with Crippen LogP contribution in [-0.4, -0.2) is 62.9 Å². The molecule has 2 rings (SSSR count). The first-order valence-electron chi connectivity index (χ1n) is 9.07. The Morgan fingerprint density at radius 1 is 1.21 bits per heavy atom.